The minimum absolute atomic E-state index is 0.00864. The average molecular weight is 291 g/mol. The maximum Gasteiger partial charge on any atom is 0.336 e. The minimum atomic E-state index is -0.421. The summed E-state index contributed by atoms with van der Waals surface area (Å²) in [4.78, 5) is 23.7. The number of aryl methyl sites for hydroxylation is 2. The standard InChI is InChI=1S/C16H21NO4/c1-10-7-13(18)21-11(2)14(10)15(19)17-12-8-16(20-9-12)5-3-4-6-16/h7,12H,3-6,8-9H2,1-2H3,(H,17,19)/t12-/m0/s1. The third kappa shape index (κ3) is 2.75. The Kier molecular flexibility index (Phi) is 3.61. The fourth-order valence-electron chi connectivity index (χ4n) is 3.66. The summed E-state index contributed by atoms with van der Waals surface area (Å²) in [5, 5.41) is 3.02. The van der Waals surface area contributed by atoms with Gasteiger partial charge in [-0.25, -0.2) is 4.79 Å². The highest BCUT2D eigenvalue weighted by atomic mass is 16.5. The van der Waals surface area contributed by atoms with E-state index in [-0.39, 0.29) is 17.6 Å². The van der Waals surface area contributed by atoms with Gasteiger partial charge >= 0.3 is 5.63 Å². The summed E-state index contributed by atoms with van der Waals surface area (Å²) in [6.45, 7) is 3.97. The maximum atomic E-state index is 12.4. The normalized spacial score (nSPS) is 23.6. The van der Waals surface area contributed by atoms with Crippen LogP contribution in [0.3, 0.4) is 0 Å². The second-order valence-corrected chi connectivity index (χ2v) is 6.26. The van der Waals surface area contributed by atoms with E-state index < -0.39 is 5.63 Å². The lowest BCUT2D eigenvalue weighted by Crippen LogP contribution is -2.37. The summed E-state index contributed by atoms with van der Waals surface area (Å²) in [5.41, 5.74) is 0.680. The van der Waals surface area contributed by atoms with E-state index in [9.17, 15) is 9.59 Å². The first kappa shape index (κ1) is 14.3. The van der Waals surface area contributed by atoms with Crippen LogP contribution in [-0.4, -0.2) is 24.2 Å². The van der Waals surface area contributed by atoms with E-state index in [0.29, 0.717) is 23.5 Å². The van der Waals surface area contributed by atoms with Gasteiger partial charge in [0.2, 0.25) is 0 Å². The van der Waals surface area contributed by atoms with Gasteiger partial charge in [-0.3, -0.25) is 4.79 Å². The monoisotopic (exact) mass is 291 g/mol. The molecule has 1 aromatic rings. The zero-order valence-corrected chi connectivity index (χ0v) is 12.5. The van der Waals surface area contributed by atoms with Crippen molar-refractivity contribution >= 4 is 5.91 Å². The molecule has 21 heavy (non-hydrogen) atoms. The molecule has 0 unspecified atom stereocenters. The Hall–Kier alpha value is -1.62. The molecule has 1 saturated carbocycles. The zero-order valence-electron chi connectivity index (χ0n) is 12.5. The van der Waals surface area contributed by atoms with Crippen LogP contribution in [0.5, 0.6) is 0 Å². The van der Waals surface area contributed by atoms with Crippen LogP contribution in [0, 0.1) is 13.8 Å². The van der Waals surface area contributed by atoms with E-state index >= 15 is 0 Å². The fraction of sp³-hybridized carbons (Fsp3) is 0.625. The van der Waals surface area contributed by atoms with Gasteiger partial charge < -0.3 is 14.5 Å². The molecule has 1 atom stereocenters. The van der Waals surface area contributed by atoms with Crippen LogP contribution in [0.25, 0.3) is 0 Å². The number of rotatable bonds is 2. The first-order valence-electron chi connectivity index (χ1n) is 7.55. The molecule has 1 aliphatic heterocycles. The number of hydrogen-bond acceptors (Lipinski definition) is 4. The summed E-state index contributed by atoms with van der Waals surface area (Å²) in [5.74, 6) is 0.185. The maximum absolute atomic E-state index is 12.4. The predicted molar refractivity (Wildman–Crippen MR) is 77.5 cm³/mol. The topological polar surface area (TPSA) is 68.5 Å². The SMILES string of the molecule is Cc1cc(=O)oc(C)c1C(=O)N[C@@H]1COC2(CCCC2)C1. The van der Waals surface area contributed by atoms with Crippen LogP contribution >= 0.6 is 0 Å². The minimum Gasteiger partial charge on any atom is -0.427 e. The van der Waals surface area contributed by atoms with Crippen molar-refractivity contribution in [2.24, 2.45) is 0 Å². The average Bonchev–Trinajstić information content (AvgIpc) is 2.99. The molecule has 5 nitrogen and oxygen atoms in total. The van der Waals surface area contributed by atoms with Crippen molar-refractivity contribution in [2.75, 3.05) is 6.61 Å². The van der Waals surface area contributed by atoms with Gasteiger partial charge in [-0.05, 0) is 38.7 Å². The molecule has 114 valence electrons. The summed E-state index contributed by atoms with van der Waals surface area (Å²) in [6, 6.07) is 1.40. The lowest BCUT2D eigenvalue weighted by atomic mass is 9.96. The molecule has 2 fully saturated rings. The van der Waals surface area contributed by atoms with Crippen LogP contribution in [0.15, 0.2) is 15.3 Å². The lowest BCUT2D eigenvalue weighted by Gasteiger charge is -2.21. The van der Waals surface area contributed by atoms with Crippen molar-refractivity contribution in [1.29, 1.82) is 0 Å². The molecule has 0 radical (unpaired) electrons. The lowest BCUT2D eigenvalue weighted by molar-refractivity contribution is 0.00987. The third-order valence-electron chi connectivity index (χ3n) is 4.62. The molecule has 0 aromatic carbocycles. The second kappa shape index (κ2) is 5.30. The molecule has 2 heterocycles. The smallest absolute Gasteiger partial charge is 0.336 e. The number of nitrogens with one attached hydrogen (secondary N) is 1. The van der Waals surface area contributed by atoms with Gasteiger partial charge in [-0.15, -0.1) is 0 Å². The van der Waals surface area contributed by atoms with Crippen LogP contribution in [0.1, 0.15) is 53.8 Å². The van der Waals surface area contributed by atoms with Crippen molar-refractivity contribution in [3.8, 4) is 0 Å². The van der Waals surface area contributed by atoms with E-state index in [0.717, 1.165) is 19.3 Å². The molecule has 2 aliphatic rings. The molecular formula is C16H21NO4. The number of hydrogen-bond donors (Lipinski definition) is 1. The number of amides is 1. The Morgan fingerprint density at radius 1 is 1.33 bits per heavy atom. The molecule has 0 bridgehead atoms. The van der Waals surface area contributed by atoms with Gasteiger partial charge in [-0.1, -0.05) is 12.8 Å². The van der Waals surface area contributed by atoms with Crippen LogP contribution in [0.2, 0.25) is 0 Å². The van der Waals surface area contributed by atoms with Crippen LogP contribution in [-0.2, 0) is 4.74 Å². The third-order valence-corrected chi connectivity index (χ3v) is 4.62. The van der Waals surface area contributed by atoms with Crippen molar-refractivity contribution in [3.63, 3.8) is 0 Å². The Labute approximate surface area is 123 Å². The molecule has 1 saturated heterocycles. The van der Waals surface area contributed by atoms with E-state index in [1.54, 1.807) is 13.8 Å². The molecule has 1 aliphatic carbocycles. The highest BCUT2D eigenvalue weighted by Gasteiger charge is 2.42. The fourth-order valence-corrected chi connectivity index (χ4v) is 3.66. The molecule has 5 heteroatoms. The van der Waals surface area contributed by atoms with Crippen molar-refractivity contribution in [2.45, 2.75) is 57.6 Å². The van der Waals surface area contributed by atoms with Crippen LogP contribution < -0.4 is 10.9 Å². The molecular weight excluding hydrogens is 270 g/mol. The number of ether oxygens (including phenoxy) is 1. The Morgan fingerprint density at radius 3 is 2.71 bits per heavy atom. The predicted octanol–water partition coefficient (Wildman–Crippen LogP) is 2.09. The van der Waals surface area contributed by atoms with E-state index in [1.807, 2.05) is 0 Å². The van der Waals surface area contributed by atoms with E-state index in [1.165, 1.54) is 18.9 Å². The van der Waals surface area contributed by atoms with Crippen LogP contribution in [0.4, 0.5) is 0 Å². The van der Waals surface area contributed by atoms with Crippen molar-refractivity contribution < 1.29 is 13.9 Å². The quantitative estimate of drug-likeness (QED) is 0.906. The Bertz CT molecular complexity index is 587. The Balaban J connectivity index is 1.72. The molecule has 1 aromatic heterocycles. The summed E-state index contributed by atoms with van der Waals surface area (Å²) >= 11 is 0. The number of carbonyl (C=O) groups excluding carboxylic acids is 1. The summed E-state index contributed by atoms with van der Waals surface area (Å²) in [6.07, 6.45) is 5.49. The van der Waals surface area contributed by atoms with Crippen molar-refractivity contribution in [1.82, 2.24) is 5.32 Å². The van der Waals surface area contributed by atoms with Gasteiger partial charge in [0.15, 0.2) is 0 Å². The molecule has 1 spiro atoms. The van der Waals surface area contributed by atoms with Gasteiger partial charge in [0.25, 0.3) is 5.91 Å². The summed E-state index contributed by atoms with van der Waals surface area (Å²) in [7, 11) is 0. The van der Waals surface area contributed by atoms with Gasteiger partial charge in [0.1, 0.15) is 5.76 Å². The number of carbonyl (C=O) groups is 1. The summed E-state index contributed by atoms with van der Waals surface area (Å²) < 4.78 is 11.0. The van der Waals surface area contributed by atoms with Gasteiger partial charge in [0.05, 0.1) is 23.8 Å². The van der Waals surface area contributed by atoms with E-state index in [2.05, 4.69) is 5.32 Å². The van der Waals surface area contributed by atoms with E-state index in [4.69, 9.17) is 9.15 Å². The van der Waals surface area contributed by atoms with Gasteiger partial charge in [0, 0.05) is 6.07 Å². The first-order valence-corrected chi connectivity index (χ1v) is 7.55. The zero-order chi connectivity index (χ0) is 15.0. The Morgan fingerprint density at radius 2 is 2.05 bits per heavy atom. The first-order chi connectivity index (χ1) is 9.99. The van der Waals surface area contributed by atoms with Crippen molar-refractivity contribution in [3.05, 3.63) is 33.4 Å². The largest absolute Gasteiger partial charge is 0.427 e. The molecule has 1 amide bonds. The second-order valence-electron chi connectivity index (χ2n) is 6.26. The highest BCUT2D eigenvalue weighted by molar-refractivity contribution is 5.96. The molecule has 1 N–H and O–H groups in total. The highest BCUT2D eigenvalue weighted by Crippen LogP contribution is 2.40. The molecule has 3 rings (SSSR count). The van der Waals surface area contributed by atoms with Gasteiger partial charge in [-0.2, -0.15) is 0 Å².